The van der Waals surface area contributed by atoms with Crippen LogP contribution in [0.25, 0.3) is 0 Å². The van der Waals surface area contributed by atoms with Gasteiger partial charge in [0.1, 0.15) is 0 Å². The standard InChI is InChI=1S/C10H15BrN2S2/c1-7(3-10(12)14)13(2)5-8-4-9(11)15-6-8/h4,6-7H,3,5H2,1-2H3,(H2,12,14). The van der Waals surface area contributed by atoms with Crippen molar-refractivity contribution in [3.63, 3.8) is 0 Å². The number of rotatable bonds is 5. The highest BCUT2D eigenvalue weighted by Crippen LogP contribution is 2.22. The predicted octanol–water partition coefficient (Wildman–Crippen LogP) is 3.01. The molecule has 0 radical (unpaired) electrons. The summed E-state index contributed by atoms with van der Waals surface area (Å²) in [5.74, 6) is 0. The van der Waals surface area contributed by atoms with E-state index < -0.39 is 0 Å². The van der Waals surface area contributed by atoms with E-state index in [1.54, 1.807) is 11.3 Å². The van der Waals surface area contributed by atoms with Crippen LogP contribution in [0, 0.1) is 0 Å². The van der Waals surface area contributed by atoms with E-state index in [0.717, 1.165) is 13.0 Å². The van der Waals surface area contributed by atoms with E-state index >= 15 is 0 Å². The molecule has 0 saturated carbocycles. The molecule has 15 heavy (non-hydrogen) atoms. The van der Waals surface area contributed by atoms with E-state index in [1.807, 2.05) is 0 Å². The molecule has 1 unspecified atom stereocenters. The number of nitrogens with zero attached hydrogens (tertiary/aromatic N) is 1. The number of halogens is 1. The zero-order valence-electron chi connectivity index (χ0n) is 8.87. The van der Waals surface area contributed by atoms with Crippen LogP contribution in [-0.2, 0) is 6.54 Å². The molecule has 1 heterocycles. The molecule has 0 aliphatic heterocycles. The van der Waals surface area contributed by atoms with Crippen molar-refractivity contribution in [1.82, 2.24) is 4.90 Å². The first-order valence-corrected chi connectivity index (χ1v) is 6.78. The highest BCUT2D eigenvalue weighted by molar-refractivity contribution is 9.11. The fourth-order valence-corrected chi connectivity index (χ4v) is 2.76. The predicted molar refractivity (Wildman–Crippen MR) is 74.4 cm³/mol. The molecule has 2 nitrogen and oxygen atoms in total. The summed E-state index contributed by atoms with van der Waals surface area (Å²) in [5, 5.41) is 2.16. The molecule has 0 aromatic carbocycles. The maximum absolute atomic E-state index is 5.53. The van der Waals surface area contributed by atoms with Crippen LogP contribution in [0.3, 0.4) is 0 Å². The Labute approximate surface area is 109 Å². The topological polar surface area (TPSA) is 29.3 Å². The Bertz CT molecular complexity index is 338. The lowest BCUT2D eigenvalue weighted by Gasteiger charge is -2.23. The van der Waals surface area contributed by atoms with Gasteiger partial charge in [-0.3, -0.25) is 4.90 Å². The second-order valence-electron chi connectivity index (χ2n) is 3.69. The van der Waals surface area contributed by atoms with Crippen molar-refractivity contribution < 1.29 is 0 Å². The van der Waals surface area contributed by atoms with Crippen LogP contribution in [0.1, 0.15) is 18.9 Å². The summed E-state index contributed by atoms with van der Waals surface area (Å²) < 4.78 is 1.17. The molecule has 0 amide bonds. The highest BCUT2D eigenvalue weighted by Gasteiger charge is 2.11. The van der Waals surface area contributed by atoms with Gasteiger partial charge in [0.15, 0.2) is 0 Å². The summed E-state index contributed by atoms with van der Waals surface area (Å²) in [6.45, 7) is 3.08. The first-order valence-electron chi connectivity index (χ1n) is 4.70. The van der Waals surface area contributed by atoms with Gasteiger partial charge >= 0.3 is 0 Å². The minimum Gasteiger partial charge on any atom is -0.393 e. The van der Waals surface area contributed by atoms with E-state index in [1.165, 1.54) is 9.35 Å². The van der Waals surface area contributed by atoms with Crippen LogP contribution < -0.4 is 5.73 Å². The van der Waals surface area contributed by atoms with Gasteiger partial charge in [0, 0.05) is 19.0 Å². The maximum Gasteiger partial charge on any atom is 0.0742 e. The van der Waals surface area contributed by atoms with Crippen molar-refractivity contribution in [1.29, 1.82) is 0 Å². The Hall–Kier alpha value is 0.0300. The third kappa shape index (κ3) is 4.59. The Morgan fingerprint density at radius 3 is 2.87 bits per heavy atom. The second-order valence-corrected chi connectivity index (χ2v) is 6.51. The number of hydrogen-bond acceptors (Lipinski definition) is 3. The number of thiophene rings is 1. The van der Waals surface area contributed by atoms with E-state index in [0.29, 0.717) is 11.0 Å². The highest BCUT2D eigenvalue weighted by atomic mass is 79.9. The second kappa shape index (κ2) is 5.94. The summed E-state index contributed by atoms with van der Waals surface area (Å²) in [5.41, 5.74) is 6.85. The third-order valence-corrected chi connectivity index (χ3v) is 4.02. The van der Waals surface area contributed by atoms with Gasteiger partial charge in [-0.2, -0.15) is 0 Å². The molecule has 0 saturated heterocycles. The van der Waals surface area contributed by atoms with Gasteiger partial charge in [0.2, 0.25) is 0 Å². The van der Waals surface area contributed by atoms with Crippen LogP contribution in [0.15, 0.2) is 15.2 Å². The minimum atomic E-state index is 0.390. The Kier molecular flexibility index (Phi) is 5.18. The van der Waals surface area contributed by atoms with Crippen LogP contribution in [0.2, 0.25) is 0 Å². The molecule has 0 spiro atoms. The molecule has 1 rings (SSSR count). The van der Waals surface area contributed by atoms with Crippen LogP contribution in [0.4, 0.5) is 0 Å². The van der Waals surface area contributed by atoms with E-state index in [4.69, 9.17) is 18.0 Å². The van der Waals surface area contributed by atoms with Crippen molar-refractivity contribution in [3.8, 4) is 0 Å². The average molecular weight is 307 g/mol. The lowest BCUT2D eigenvalue weighted by atomic mass is 10.2. The van der Waals surface area contributed by atoms with Gasteiger partial charge in [0.25, 0.3) is 0 Å². The first-order chi connectivity index (χ1) is 6.99. The van der Waals surface area contributed by atoms with Gasteiger partial charge in [-0.05, 0) is 46.9 Å². The summed E-state index contributed by atoms with van der Waals surface area (Å²) in [4.78, 5) is 2.84. The Morgan fingerprint density at radius 2 is 2.40 bits per heavy atom. The fraction of sp³-hybridized carbons (Fsp3) is 0.500. The summed E-state index contributed by atoms with van der Waals surface area (Å²) in [6, 6.07) is 2.54. The summed E-state index contributed by atoms with van der Waals surface area (Å²) >= 11 is 10.1. The van der Waals surface area contributed by atoms with Crippen molar-refractivity contribution in [2.75, 3.05) is 7.05 Å². The quantitative estimate of drug-likeness (QED) is 0.848. The Morgan fingerprint density at radius 1 is 1.73 bits per heavy atom. The molecule has 5 heteroatoms. The van der Waals surface area contributed by atoms with Crippen LogP contribution >= 0.6 is 39.5 Å². The number of nitrogens with two attached hydrogens (primary N) is 1. The first kappa shape index (κ1) is 13.1. The molecule has 0 fully saturated rings. The van der Waals surface area contributed by atoms with Crippen molar-refractivity contribution in [2.24, 2.45) is 5.73 Å². The van der Waals surface area contributed by atoms with Gasteiger partial charge in [0.05, 0.1) is 8.77 Å². The van der Waals surface area contributed by atoms with Crippen LogP contribution in [-0.4, -0.2) is 23.0 Å². The average Bonchev–Trinajstić information content (AvgIpc) is 2.50. The molecule has 84 valence electrons. The maximum atomic E-state index is 5.53. The zero-order chi connectivity index (χ0) is 11.4. The lowest BCUT2D eigenvalue weighted by Crippen LogP contribution is -2.31. The molecule has 0 bridgehead atoms. The summed E-state index contributed by atoms with van der Waals surface area (Å²) in [7, 11) is 2.09. The molecular formula is C10H15BrN2S2. The molecule has 0 aliphatic rings. The number of thiocarbonyl (C=S) groups is 1. The lowest BCUT2D eigenvalue weighted by molar-refractivity contribution is 0.255. The molecule has 0 aliphatic carbocycles. The van der Waals surface area contributed by atoms with E-state index in [2.05, 4.69) is 46.2 Å². The van der Waals surface area contributed by atoms with E-state index in [-0.39, 0.29) is 0 Å². The van der Waals surface area contributed by atoms with E-state index in [9.17, 15) is 0 Å². The monoisotopic (exact) mass is 306 g/mol. The van der Waals surface area contributed by atoms with Gasteiger partial charge in [-0.15, -0.1) is 11.3 Å². The third-order valence-electron chi connectivity index (χ3n) is 2.30. The van der Waals surface area contributed by atoms with Gasteiger partial charge in [-0.25, -0.2) is 0 Å². The van der Waals surface area contributed by atoms with Crippen molar-refractivity contribution >= 4 is 44.5 Å². The minimum absolute atomic E-state index is 0.390. The molecule has 1 aromatic rings. The molecule has 2 N–H and O–H groups in total. The Balaban J connectivity index is 2.47. The molecule has 1 atom stereocenters. The zero-order valence-corrected chi connectivity index (χ0v) is 12.1. The molecular weight excluding hydrogens is 292 g/mol. The fourth-order valence-electron chi connectivity index (χ4n) is 1.32. The SMILES string of the molecule is CC(CC(N)=S)N(C)Cc1csc(Br)c1. The smallest absolute Gasteiger partial charge is 0.0742 e. The van der Waals surface area contributed by atoms with Gasteiger partial charge in [-0.1, -0.05) is 12.2 Å². The van der Waals surface area contributed by atoms with Gasteiger partial charge < -0.3 is 5.73 Å². The van der Waals surface area contributed by atoms with Crippen molar-refractivity contribution in [3.05, 3.63) is 20.8 Å². The largest absolute Gasteiger partial charge is 0.393 e. The van der Waals surface area contributed by atoms with Crippen molar-refractivity contribution in [2.45, 2.75) is 25.9 Å². The molecule has 1 aromatic heterocycles. The number of hydrogen-bond donors (Lipinski definition) is 1. The van der Waals surface area contributed by atoms with Crippen LogP contribution in [0.5, 0.6) is 0 Å². The summed E-state index contributed by atoms with van der Waals surface area (Å²) in [6.07, 6.45) is 0.775. The normalized spacial score (nSPS) is 13.1.